The number of rotatable bonds is 7. The first-order chi connectivity index (χ1) is 16.4. The lowest BCUT2D eigenvalue weighted by Crippen LogP contribution is -2.33. The molecular formula is C25H20F3N3O2S. The van der Waals surface area contributed by atoms with Crippen molar-refractivity contribution in [3.05, 3.63) is 101 Å². The lowest BCUT2D eigenvalue weighted by molar-refractivity contribution is -0.128. The van der Waals surface area contributed by atoms with Crippen LogP contribution in [0.25, 0.3) is 0 Å². The predicted molar refractivity (Wildman–Crippen MR) is 126 cm³/mol. The van der Waals surface area contributed by atoms with Gasteiger partial charge in [-0.3, -0.25) is 19.5 Å². The van der Waals surface area contributed by atoms with Gasteiger partial charge in [0.05, 0.1) is 13.1 Å². The standard InChI is InChI=1S/C25H20F3N3O2S/c26-18-5-1-16(2-6-18)14-29-25-31(15-17-3-7-19(27)8-4-17)24(33)22(34-25)13-23(32)30-21-11-9-20(28)10-12-21/h1-12,22H,13-15H2,(H,30,32)/t22-/m0/s1. The summed E-state index contributed by atoms with van der Waals surface area (Å²) < 4.78 is 39.6. The summed E-state index contributed by atoms with van der Waals surface area (Å²) in [6.45, 7) is 0.398. The van der Waals surface area contributed by atoms with Crippen LogP contribution < -0.4 is 5.32 Å². The van der Waals surface area contributed by atoms with Crippen LogP contribution in [0.15, 0.2) is 77.8 Å². The van der Waals surface area contributed by atoms with Crippen LogP contribution in [0.5, 0.6) is 0 Å². The number of hydrogen-bond acceptors (Lipinski definition) is 4. The second-order valence-electron chi connectivity index (χ2n) is 7.64. The molecule has 0 radical (unpaired) electrons. The summed E-state index contributed by atoms with van der Waals surface area (Å²) in [7, 11) is 0. The third-order valence-corrected chi connectivity index (χ3v) is 6.30. The number of amides is 2. The Morgan fingerprint density at radius 1 is 0.853 bits per heavy atom. The fraction of sp³-hybridized carbons (Fsp3) is 0.160. The maximum atomic E-state index is 13.3. The molecule has 0 aliphatic carbocycles. The molecule has 1 saturated heterocycles. The van der Waals surface area contributed by atoms with Crippen LogP contribution >= 0.6 is 11.8 Å². The number of nitrogens with zero attached hydrogens (tertiary/aromatic N) is 2. The van der Waals surface area contributed by atoms with Crippen molar-refractivity contribution < 1.29 is 22.8 Å². The smallest absolute Gasteiger partial charge is 0.242 e. The van der Waals surface area contributed by atoms with Crippen LogP contribution in [0.4, 0.5) is 18.9 Å². The minimum Gasteiger partial charge on any atom is -0.326 e. The molecule has 0 aromatic heterocycles. The molecule has 9 heteroatoms. The largest absolute Gasteiger partial charge is 0.326 e. The van der Waals surface area contributed by atoms with Gasteiger partial charge in [-0.25, -0.2) is 13.2 Å². The highest BCUT2D eigenvalue weighted by atomic mass is 32.2. The van der Waals surface area contributed by atoms with E-state index < -0.39 is 11.1 Å². The van der Waals surface area contributed by atoms with E-state index in [-0.39, 0.29) is 43.0 Å². The normalized spacial score (nSPS) is 16.8. The predicted octanol–water partition coefficient (Wildman–Crippen LogP) is 5.13. The minimum atomic E-state index is -0.701. The lowest BCUT2D eigenvalue weighted by Gasteiger charge is -2.17. The molecular weight excluding hydrogens is 463 g/mol. The quantitative estimate of drug-likeness (QED) is 0.507. The average molecular weight is 484 g/mol. The van der Waals surface area contributed by atoms with Crippen LogP contribution in [-0.4, -0.2) is 27.1 Å². The zero-order chi connectivity index (χ0) is 24.1. The molecule has 0 spiro atoms. The fourth-order valence-corrected chi connectivity index (χ4v) is 4.48. The summed E-state index contributed by atoms with van der Waals surface area (Å²) >= 11 is 1.17. The van der Waals surface area contributed by atoms with E-state index in [1.165, 1.54) is 65.2 Å². The molecule has 1 aliphatic heterocycles. The number of nitrogens with one attached hydrogen (secondary N) is 1. The molecule has 174 valence electrons. The molecule has 3 aromatic rings. The van der Waals surface area contributed by atoms with Gasteiger partial charge in [0.1, 0.15) is 22.7 Å². The van der Waals surface area contributed by atoms with E-state index >= 15 is 0 Å². The van der Waals surface area contributed by atoms with Crippen LogP contribution in [0, 0.1) is 17.5 Å². The van der Waals surface area contributed by atoms with Gasteiger partial charge >= 0.3 is 0 Å². The number of benzene rings is 3. The minimum absolute atomic E-state index is 0.101. The van der Waals surface area contributed by atoms with Crippen molar-refractivity contribution in [3.8, 4) is 0 Å². The van der Waals surface area contributed by atoms with Gasteiger partial charge in [-0.15, -0.1) is 0 Å². The first-order valence-electron chi connectivity index (χ1n) is 10.4. The Hall–Kier alpha value is -3.59. The fourth-order valence-electron chi connectivity index (χ4n) is 3.34. The Morgan fingerprint density at radius 2 is 1.38 bits per heavy atom. The molecule has 4 rings (SSSR count). The number of carbonyl (C=O) groups excluding carboxylic acids is 2. The second kappa shape index (κ2) is 10.6. The molecule has 2 amide bonds. The summed E-state index contributed by atoms with van der Waals surface area (Å²) in [4.78, 5) is 31.7. The average Bonchev–Trinajstić information content (AvgIpc) is 3.10. The van der Waals surface area contributed by atoms with Gasteiger partial charge in [0, 0.05) is 12.1 Å². The number of anilines is 1. The SMILES string of the molecule is O=C(C[C@@H]1SC(=NCc2ccc(F)cc2)N(Cc2ccc(F)cc2)C1=O)Nc1ccc(F)cc1. The maximum absolute atomic E-state index is 13.3. The highest BCUT2D eigenvalue weighted by Gasteiger charge is 2.39. The maximum Gasteiger partial charge on any atom is 0.242 e. The van der Waals surface area contributed by atoms with Crippen molar-refractivity contribution in [1.82, 2.24) is 4.90 Å². The molecule has 34 heavy (non-hydrogen) atoms. The monoisotopic (exact) mass is 483 g/mol. The first kappa shape index (κ1) is 23.6. The summed E-state index contributed by atoms with van der Waals surface area (Å²) in [6, 6.07) is 17.0. The van der Waals surface area contributed by atoms with E-state index in [9.17, 15) is 22.8 Å². The van der Waals surface area contributed by atoms with E-state index in [2.05, 4.69) is 10.3 Å². The second-order valence-corrected chi connectivity index (χ2v) is 8.81. The highest BCUT2D eigenvalue weighted by Crippen LogP contribution is 2.31. The van der Waals surface area contributed by atoms with Crippen LogP contribution in [0.3, 0.4) is 0 Å². The van der Waals surface area contributed by atoms with E-state index in [0.29, 0.717) is 16.4 Å². The molecule has 5 nitrogen and oxygen atoms in total. The number of halogens is 3. The molecule has 0 bridgehead atoms. The molecule has 1 aliphatic rings. The summed E-state index contributed by atoms with van der Waals surface area (Å²) in [6.07, 6.45) is -0.101. The summed E-state index contributed by atoms with van der Waals surface area (Å²) in [5.41, 5.74) is 1.90. The van der Waals surface area contributed by atoms with Gasteiger partial charge in [0.15, 0.2) is 5.17 Å². The van der Waals surface area contributed by atoms with Gasteiger partial charge in [0.25, 0.3) is 0 Å². The molecule has 1 atom stereocenters. The number of hydrogen-bond donors (Lipinski definition) is 1. The summed E-state index contributed by atoms with van der Waals surface area (Å²) in [5, 5.41) is 2.39. The lowest BCUT2D eigenvalue weighted by atomic mass is 10.2. The van der Waals surface area contributed by atoms with Crippen molar-refractivity contribution in [2.75, 3.05) is 5.32 Å². The van der Waals surface area contributed by atoms with E-state index in [4.69, 9.17) is 0 Å². The van der Waals surface area contributed by atoms with Gasteiger partial charge in [-0.1, -0.05) is 36.0 Å². The third-order valence-electron chi connectivity index (χ3n) is 5.08. The Labute approximate surface area is 198 Å². The zero-order valence-corrected chi connectivity index (χ0v) is 18.7. The van der Waals surface area contributed by atoms with Gasteiger partial charge in [-0.05, 0) is 59.7 Å². The van der Waals surface area contributed by atoms with Crippen LogP contribution in [0.2, 0.25) is 0 Å². The van der Waals surface area contributed by atoms with E-state index in [1.54, 1.807) is 24.3 Å². The van der Waals surface area contributed by atoms with Crippen molar-refractivity contribution in [1.29, 1.82) is 0 Å². The van der Waals surface area contributed by atoms with Crippen LogP contribution in [-0.2, 0) is 22.7 Å². The molecule has 1 N–H and O–H groups in total. The van der Waals surface area contributed by atoms with Crippen molar-refractivity contribution in [2.45, 2.75) is 24.8 Å². The highest BCUT2D eigenvalue weighted by molar-refractivity contribution is 8.15. The number of amidine groups is 1. The molecule has 0 saturated carbocycles. The number of carbonyl (C=O) groups is 2. The van der Waals surface area contributed by atoms with E-state index in [1.807, 2.05) is 0 Å². The van der Waals surface area contributed by atoms with E-state index in [0.717, 1.165) is 5.56 Å². The van der Waals surface area contributed by atoms with Crippen molar-refractivity contribution in [3.63, 3.8) is 0 Å². The number of aliphatic imine (C=N–C) groups is 1. The summed E-state index contributed by atoms with van der Waals surface area (Å²) in [5.74, 6) is -1.84. The molecule has 1 fully saturated rings. The first-order valence-corrected chi connectivity index (χ1v) is 11.3. The van der Waals surface area contributed by atoms with Gasteiger partial charge in [-0.2, -0.15) is 0 Å². The van der Waals surface area contributed by atoms with Crippen molar-refractivity contribution in [2.24, 2.45) is 4.99 Å². The molecule has 0 unspecified atom stereocenters. The van der Waals surface area contributed by atoms with Crippen molar-refractivity contribution >= 4 is 34.4 Å². The van der Waals surface area contributed by atoms with Crippen LogP contribution in [0.1, 0.15) is 17.5 Å². The molecule has 3 aromatic carbocycles. The molecule has 1 heterocycles. The Bertz CT molecular complexity index is 1200. The van der Waals surface area contributed by atoms with Gasteiger partial charge < -0.3 is 5.32 Å². The number of thioether (sulfide) groups is 1. The van der Waals surface area contributed by atoms with Gasteiger partial charge in [0.2, 0.25) is 11.8 Å². The Kier molecular flexibility index (Phi) is 7.32. The zero-order valence-electron chi connectivity index (χ0n) is 17.9. The third kappa shape index (κ3) is 6.05. The Balaban J connectivity index is 1.50. The topological polar surface area (TPSA) is 61.8 Å². The Morgan fingerprint density at radius 3 is 1.97 bits per heavy atom.